The van der Waals surface area contributed by atoms with Crippen LogP contribution in [0.15, 0.2) is 24.3 Å². The Kier molecular flexibility index (Phi) is 6.14. The van der Waals surface area contributed by atoms with Gasteiger partial charge in [-0.1, -0.05) is 29.8 Å². The topological polar surface area (TPSA) is 59.0 Å². The van der Waals surface area contributed by atoms with Crippen molar-refractivity contribution in [1.29, 1.82) is 0 Å². The number of piperidine rings is 1. The minimum atomic E-state index is -0.00305. The molecule has 2 bridgehead atoms. The van der Waals surface area contributed by atoms with E-state index in [1.807, 2.05) is 42.8 Å². The van der Waals surface area contributed by atoms with Gasteiger partial charge in [-0.3, -0.25) is 9.48 Å². The Morgan fingerprint density at radius 1 is 1.26 bits per heavy atom. The van der Waals surface area contributed by atoms with Crippen LogP contribution in [0.25, 0.3) is 0 Å². The summed E-state index contributed by atoms with van der Waals surface area (Å²) in [6, 6.07) is 9.12. The van der Waals surface area contributed by atoms with Gasteiger partial charge < -0.3 is 10.6 Å². The molecule has 1 aromatic carbocycles. The first-order valence-electron chi connectivity index (χ1n) is 9.35. The molecule has 2 N–H and O–H groups in total. The fourth-order valence-electron chi connectivity index (χ4n) is 4.40. The first kappa shape index (κ1) is 20.2. The third-order valence-corrected chi connectivity index (χ3v) is 6.06. The summed E-state index contributed by atoms with van der Waals surface area (Å²) in [6.07, 6.45) is 4.50. The molecule has 2 aliphatic heterocycles. The monoisotopic (exact) mass is 408 g/mol. The fraction of sp³-hybridized carbons (Fsp3) is 0.500. The number of nitrogens with one attached hydrogen (secondary N) is 2. The molecule has 27 heavy (non-hydrogen) atoms. The van der Waals surface area contributed by atoms with E-state index in [9.17, 15) is 4.79 Å². The van der Waals surface area contributed by atoms with Crippen molar-refractivity contribution in [2.45, 2.75) is 64.2 Å². The number of hydrogen-bond donors (Lipinski definition) is 2. The maximum Gasteiger partial charge on any atom is 0.255 e. The third-order valence-electron chi connectivity index (χ3n) is 5.69. The van der Waals surface area contributed by atoms with Crippen LogP contribution < -0.4 is 10.6 Å². The molecular weight excluding hydrogens is 383 g/mol. The summed E-state index contributed by atoms with van der Waals surface area (Å²) in [4.78, 5) is 12.9. The molecule has 146 valence electrons. The van der Waals surface area contributed by atoms with Gasteiger partial charge in [0.2, 0.25) is 0 Å². The van der Waals surface area contributed by atoms with Gasteiger partial charge in [0.1, 0.15) is 0 Å². The molecule has 2 fully saturated rings. The molecule has 2 saturated heterocycles. The van der Waals surface area contributed by atoms with E-state index < -0.39 is 0 Å². The Labute approximate surface area is 171 Å². The van der Waals surface area contributed by atoms with E-state index in [1.54, 1.807) is 0 Å². The van der Waals surface area contributed by atoms with Crippen molar-refractivity contribution in [2.24, 2.45) is 0 Å². The smallest absolute Gasteiger partial charge is 0.255 e. The average molecular weight is 409 g/mol. The highest BCUT2D eigenvalue weighted by molar-refractivity contribution is 6.31. The van der Waals surface area contributed by atoms with Gasteiger partial charge in [0.05, 0.1) is 17.8 Å². The van der Waals surface area contributed by atoms with Crippen molar-refractivity contribution in [1.82, 2.24) is 20.4 Å². The maximum atomic E-state index is 12.9. The second-order valence-electron chi connectivity index (χ2n) is 7.57. The van der Waals surface area contributed by atoms with Crippen LogP contribution in [0.2, 0.25) is 5.02 Å². The number of rotatable bonds is 4. The molecule has 3 heterocycles. The summed E-state index contributed by atoms with van der Waals surface area (Å²) < 4.78 is 1.87. The summed E-state index contributed by atoms with van der Waals surface area (Å²) in [5.74, 6) is -0.00305. The van der Waals surface area contributed by atoms with Gasteiger partial charge in [-0.15, -0.1) is 12.4 Å². The highest BCUT2D eigenvalue weighted by Crippen LogP contribution is 2.27. The summed E-state index contributed by atoms with van der Waals surface area (Å²) in [5.41, 5.74) is 3.35. The van der Waals surface area contributed by atoms with Gasteiger partial charge in [0, 0.05) is 28.8 Å². The van der Waals surface area contributed by atoms with E-state index in [4.69, 9.17) is 11.6 Å². The highest BCUT2D eigenvalue weighted by Gasteiger charge is 2.34. The number of benzene rings is 1. The molecule has 1 aromatic heterocycles. The van der Waals surface area contributed by atoms with E-state index in [2.05, 4.69) is 15.7 Å². The number of aromatic nitrogens is 2. The Hall–Kier alpha value is -1.56. The van der Waals surface area contributed by atoms with E-state index in [-0.39, 0.29) is 24.4 Å². The summed E-state index contributed by atoms with van der Waals surface area (Å²) in [5, 5.41) is 12.2. The lowest BCUT2D eigenvalue weighted by Gasteiger charge is -2.29. The number of carbonyl (C=O) groups excluding carboxylic acids is 1. The molecule has 2 atom stereocenters. The minimum absolute atomic E-state index is 0. The summed E-state index contributed by atoms with van der Waals surface area (Å²) >= 11 is 6.27. The molecule has 2 unspecified atom stereocenters. The average Bonchev–Trinajstić information content (AvgIpc) is 3.08. The van der Waals surface area contributed by atoms with Crippen molar-refractivity contribution in [3.05, 3.63) is 51.8 Å². The predicted molar refractivity (Wildman–Crippen MR) is 110 cm³/mol. The van der Waals surface area contributed by atoms with E-state index in [0.29, 0.717) is 24.2 Å². The van der Waals surface area contributed by atoms with Crippen LogP contribution in [0.4, 0.5) is 0 Å². The number of aryl methyl sites for hydroxylation is 1. The molecule has 0 saturated carbocycles. The largest absolute Gasteiger partial charge is 0.349 e. The van der Waals surface area contributed by atoms with Gasteiger partial charge >= 0.3 is 0 Å². The number of nitrogens with zero attached hydrogens (tertiary/aromatic N) is 2. The zero-order chi connectivity index (χ0) is 18.3. The minimum Gasteiger partial charge on any atom is -0.349 e. The molecule has 0 radical (unpaired) electrons. The maximum absolute atomic E-state index is 12.9. The number of fused-ring (bicyclic) bond motifs is 2. The number of hydrogen-bond acceptors (Lipinski definition) is 3. The van der Waals surface area contributed by atoms with Crippen LogP contribution in [0.3, 0.4) is 0 Å². The molecule has 0 spiro atoms. The first-order chi connectivity index (χ1) is 12.5. The van der Waals surface area contributed by atoms with Gasteiger partial charge in [0.15, 0.2) is 0 Å². The SMILES string of the molecule is Cc1nn(Cc2ccccc2Cl)c(C)c1C(=O)NC1CC2CCC(C1)N2.Cl. The Morgan fingerprint density at radius 3 is 2.59 bits per heavy atom. The van der Waals surface area contributed by atoms with E-state index in [0.717, 1.165) is 34.8 Å². The third kappa shape index (κ3) is 4.15. The van der Waals surface area contributed by atoms with Crippen LogP contribution >= 0.6 is 24.0 Å². The Balaban J connectivity index is 0.00000210. The molecule has 4 rings (SSSR count). The van der Waals surface area contributed by atoms with Crippen LogP contribution in [0.1, 0.15) is 53.0 Å². The lowest BCUT2D eigenvalue weighted by Crippen LogP contribution is -2.48. The van der Waals surface area contributed by atoms with Crippen LogP contribution in [-0.2, 0) is 6.54 Å². The van der Waals surface area contributed by atoms with Crippen molar-refractivity contribution in [3.63, 3.8) is 0 Å². The van der Waals surface area contributed by atoms with Crippen LogP contribution in [0, 0.1) is 13.8 Å². The van der Waals surface area contributed by atoms with Gasteiger partial charge in [-0.2, -0.15) is 5.10 Å². The standard InChI is InChI=1S/C20H25ClN4O.ClH/c1-12-19(20(26)23-17-9-15-7-8-16(10-17)22-15)13(2)25(24-12)11-14-5-3-4-6-18(14)21;/h3-6,15-17,22H,7-11H2,1-2H3,(H,23,26);1H. The summed E-state index contributed by atoms with van der Waals surface area (Å²) in [6.45, 7) is 4.42. The van der Waals surface area contributed by atoms with E-state index >= 15 is 0 Å². The van der Waals surface area contributed by atoms with Crippen molar-refractivity contribution in [2.75, 3.05) is 0 Å². The molecule has 7 heteroatoms. The Morgan fingerprint density at radius 2 is 1.93 bits per heavy atom. The zero-order valence-corrected chi connectivity index (χ0v) is 17.2. The zero-order valence-electron chi connectivity index (χ0n) is 15.7. The molecule has 2 aliphatic rings. The second-order valence-corrected chi connectivity index (χ2v) is 7.98. The van der Waals surface area contributed by atoms with Crippen molar-refractivity contribution < 1.29 is 4.79 Å². The fourth-order valence-corrected chi connectivity index (χ4v) is 4.60. The predicted octanol–water partition coefficient (Wildman–Crippen LogP) is 3.64. The highest BCUT2D eigenvalue weighted by atomic mass is 35.5. The van der Waals surface area contributed by atoms with Gasteiger partial charge in [0.25, 0.3) is 5.91 Å². The quantitative estimate of drug-likeness (QED) is 0.811. The molecule has 0 aliphatic carbocycles. The lowest BCUT2D eigenvalue weighted by molar-refractivity contribution is 0.0922. The van der Waals surface area contributed by atoms with Gasteiger partial charge in [-0.25, -0.2) is 0 Å². The number of halogens is 2. The molecule has 5 nitrogen and oxygen atoms in total. The van der Waals surface area contributed by atoms with Crippen LogP contribution in [-0.4, -0.2) is 33.8 Å². The molecular formula is C20H26Cl2N4O. The Bertz CT molecular complexity index is 823. The number of carbonyl (C=O) groups is 1. The lowest BCUT2D eigenvalue weighted by atomic mass is 9.99. The number of amides is 1. The van der Waals surface area contributed by atoms with Crippen molar-refractivity contribution in [3.8, 4) is 0 Å². The second kappa shape index (κ2) is 8.21. The van der Waals surface area contributed by atoms with Gasteiger partial charge in [-0.05, 0) is 51.2 Å². The normalized spacial score (nSPS) is 23.7. The van der Waals surface area contributed by atoms with E-state index in [1.165, 1.54) is 12.8 Å². The molecule has 1 amide bonds. The first-order valence-corrected chi connectivity index (χ1v) is 9.73. The van der Waals surface area contributed by atoms with Crippen LogP contribution in [0.5, 0.6) is 0 Å². The summed E-state index contributed by atoms with van der Waals surface area (Å²) in [7, 11) is 0. The van der Waals surface area contributed by atoms with Crippen molar-refractivity contribution >= 4 is 29.9 Å². The molecule has 2 aromatic rings.